The minimum absolute atomic E-state index is 0.0374. The number of amides is 1. The highest BCUT2D eigenvalue weighted by Crippen LogP contribution is 2.36. The third-order valence-corrected chi connectivity index (χ3v) is 5.34. The lowest BCUT2D eigenvalue weighted by Crippen LogP contribution is -2.42. The summed E-state index contributed by atoms with van der Waals surface area (Å²) < 4.78 is 13.6. The predicted molar refractivity (Wildman–Crippen MR) is 89.8 cm³/mol. The van der Waals surface area contributed by atoms with Crippen LogP contribution in [0.4, 0.5) is 0 Å². The first-order chi connectivity index (χ1) is 11.6. The number of nitrogens with zero attached hydrogens (tertiary/aromatic N) is 3. The molecule has 2 aliphatic heterocycles. The van der Waals surface area contributed by atoms with E-state index in [0.29, 0.717) is 19.6 Å². The molecular formula is C18H23N3O3. The average molecular weight is 329 g/mol. The van der Waals surface area contributed by atoms with E-state index in [0.717, 1.165) is 36.3 Å². The molecule has 128 valence electrons. The highest BCUT2D eigenvalue weighted by atomic mass is 16.6. The number of hydrogen-bond donors (Lipinski definition) is 0. The molecule has 2 aliphatic rings. The molecule has 2 saturated heterocycles. The molecule has 1 aromatic heterocycles. The van der Waals surface area contributed by atoms with Gasteiger partial charge in [0.1, 0.15) is 24.1 Å². The average Bonchev–Trinajstić information content (AvgIpc) is 3.27. The normalized spacial score (nSPS) is 26.8. The molecule has 0 bridgehead atoms. The molecule has 0 unspecified atom stereocenters. The second kappa shape index (κ2) is 5.86. The Morgan fingerprint density at radius 2 is 2.29 bits per heavy atom. The first-order valence-electron chi connectivity index (χ1n) is 8.49. The van der Waals surface area contributed by atoms with Gasteiger partial charge in [-0.3, -0.25) is 4.79 Å². The number of para-hydroxylation sites is 2. The van der Waals surface area contributed by atoms with E-state index in [1.165, 1.54) is 0 Å². The maximum Gasteiger partial charge on any atom is 0.242 e. The lowest BCUT2D eigenvalue weighted by atomic mass is 9.97. The third kappa shape index (κ3) is 2.41. The monoisotopic (exact) mass is 329 g/mol. The van der Waals surface area contributed by atoms with Crippen LogP contribution in [0.5, 0.6) is 0 Å². The molecule has 2 fully saturated rings. The summed E-state index contributed by atoms with van der Waals surface area (Å²) >= 11 is 0. The molecule has 6 nitrogen and oxygen atoms in total. The summed E-state index contributed by atoms with van der Waals surface area (Å²) in [6, 6.07) is 7.92. The number of ether oxygens (including phenoxy) is 2. The molecule has 0 radical (unpaired) electrons. The number of hydrogen-bond acceptors (Lipinski definition) is 4. The topological polar surface area (TPSA) is 56.6 Å². The summed E-state index contributed by atoms with van der Waals surface area (Å²) in [5, 5.41) is 0. The van der Waals surface area contributed by atoms with E-state index >= 15 is 0 Å². The molecule has 1 aromatic carbocycles. The second-order valence-electron chi connectivity index (χ2n) is 6.75. The molecule has 2 atom stereocenters. The number of methoxy groups -OCH3 is 1. The number of imidazole rings is 1. The van der Waals surface area contributed by atoms with Crippen molar-refractivity contribution < 1.29 is 14.3 Å². The minimum Gasteiger partial charge on any atom is -0.377 e. The van der Waals surface area contributed by atoms with E-state index in [-0.39, 0.29) is 17.6 Å². The predicted octanol–water partition coefficient (Wildman–Crippen LogP) is 1.75. The fraction of sp³-hybridized carbons (Fsp3) is 0.556. The molecule has 24 heavy (non-hydrogen) atoms. The first kappa shape index (κ1) is 15.6. The first-order valence-corrected chi connectivity index (χ1v) is 8.49. The van der Waals surface area contributed by atoms with Crippen LogP contribution in [0.3, 0.4) is 0 Å². The van der Waals surface area contributed by atoms with Crippen molar-refractivity contribution in [2.24, 2.45) is 0 Å². The lowest BCUT2D eigenvalue weighted by molar-refractivity contribution is -0.131. The fourth-order valence-corrected chi connectivity index (χ4v) is 4.06. The zero-order valence-electron chi connectivity index (χ0n) is 14.2. The quantitative estimate of drug-likeness (QED) is 0.861. The molecule has 1 spiro atoms. The highest BCUT2D eigenvalue weighted by Gasteiger charge is 2.51. The largest absolute Gasteiger partial charge is 0.377 e. The van der Waals surface area contributed by atoms with E-state index in [2.05, 4.69) is 4.98 Å². The summed E-state index contributed by atoms with van der Waals surface area (Å²) in [5.41, 5.74) is 1.61. The van der Waals surface area contributed by atoms with Crippen molar-refractivity contribution in [3.63, 3.8) is 0 Å². The van der Waals surface area contributed by atoms with E-state index in [9.17, 15) is 4.79 Å². The zero-order chi connectivity index (χ0) is 16.7. The van der Waals surface area contributed by atoms with Crippen LogP contribution in [-0.2, 0) is 20.8 Å². The molecule has 0 saturated carbocycles. The van der Waals surface area contributed by atoms with Crippen LogP contribution in [0.1, 0.15) is 18.7 Å². The Kier molecular flexibility index (Phi) is 3.81. The number of benzene rings is 1. The van der Waals surface area contributed by atoms with Crippen LogP contribution in [-0.4, -0.2) is 58.9 Å². The van der Waals surface area contributed by atoms with Crippen molar-refractivity contribution in [1.29, 1.82) is 0 Å². The molecule has 1 amide bonds. The second-order valence-corrected chi connectivity index (χ2v) is 6.75. The molecule has 3 heterocycles. The van der Waals surface area contributed by atoms with Gasteiger partial charge in [-0.2, -0.15) is 0 Å². The van der Waals surface area contributed by atoms with Gasteiger partial charge in [-0.05, 0) is 31.9 Å². The molecule has 6 heteroatoms. The van der Waals surface area contributed by atoms with E-state index in [1.807, 2.05) is 40.7 Å². The van der Waals surface area contributed by atoms with Gasteiger partial charge in [0.05, 0.1) is 17.6 Å². The van der Waals surface area contributed by atoms with Gasteiger partial charge >= 0.3 is 0 Å². The van der Waals surface area contributed by atoms with Gasteiger partial charge in [-0.1, -0.05) is 12.1 Å². The van der Waals surface area contributed by atoms with Crippen LogP contribution in [0.15, 0.2) is 24.3 Å². The molecular weight excluding hydrogens is 306 g/mol. The van der Waals surface area contributed by atoms with Crippen LogP contribution in [0.2, 0.25) is 0 Å². The molecule has 4 rings (SSSR count). The van der Waals surface area contributed by atoms with Crippen LogP contribution in [0, 0.1) is 6.92 Å². The maximum atomic E-state index is 12.9. The number of rotatable bonds is 3. The van der Waals surface area contributed by atoms with Crippen molar-refractivity contribution >= 4 is 16.9 Å². The van der Waals surface area contributed by atoms with Gasteiger partial charge < -0.3 is 18.9 Å². The summed E-state index contributed by atoms with van der Waals surface area (Å²) in [5.74, 6) is 0.953. The lowest BCUT2D eigenvalue weighted by Gasteiger charge is -2.27. The van der Waals surface area contributed by atoms with Crippen molar-refractivity contribution in [3.8, 4) is 0 Å². The highest BCUT2D eigenvalue weighted by molar-refractivity contribution is 5.81. The Morgan fingerprint density at radius 1 is 1.46 bits per heavy atom. The van der Waals surface area contributed by atoms with Gasteiger partial charge in [0.15, 0.2) is 0 Å². The molecule has 0 aliphatic carbocycles. The van der Waals surface area contributed by atoms with Gasteiger partial charge in [0.2, 0.25) is 5.91 Å². The Balaban J connectivity index is 1.55. The fourth-order valence-electron chi connectivity index (χ4n) is 4.06. The van der Waals surface area contributed by atoms with Crippen molar-refractivity contribution in [1.82, 2.24) is 14.5 Å². The van der Waals surface area contributed by atoms with E-state index < -0.39 is 0 Å². The number of likely N-dealkylation sites (tertiary alicyclic amines) is 1. The standard InChI is InChI=1S/C18H23N3O3/c1-13-19-14-6-3-4-7-15(14)21(13)11-17(22)20-10-16(23-2)18(12-20)8-5-9-24-18/h3-4,6-7,16H,5,8-12H2,1-2H3/t16-,18-/m0/s1. The van der Waals surface area contributed by atoms with Gasteiger partial charge in [0.25, 0.3) is 0 Å². The summed E-state index contributed by atoms with van der Waals surface area (Å²) in [7, 11) is 1.70. The van der Waals surface area contributed by atoms with Crippen molar-refractivity contribution in [3.05, 3.63) is 30.1 Å². The van der Waals surface area contributed by atoms with Crippen LogP contribution in [0.25, 0.3) is 11.0 Å². The van der Waals surface area contributed by atoms with Crippen molar-refractivity contribution in [2.45, 2.75) is 38.0 Å². The van der Waals surface area contributed by atoms with Crippen LogP contribution >= 0.6 is 0 Å². The number of carbonyl (C=O) groups excluding carboxylic acids is 1. The van der Waals surface area contributed by atoms with E-state index in [4.69, 9.17) is 9.47 Å². The summed E-state index contributed by atoms with van der Waals surface area (Å²) in [4.78, 5) is 19.3. The van der Waals surface area contributed by atoms with Crippen LogP contribution < -0.4 is 0 Å². The number of aromatic nitrogens is 2. The van der Waals surface area contributed by atoms with Crippen molar-refractivity contribution in [2.75, 3.05) is 26.8 Å². The Labute approximate surface area is 141 Å². The smallest absolute Gasteiger partial charge is 0.242 e. The summed E-state index contributed by atoms with van der Waals surface area (Å²) in [6.07, 6.45) is 1.96. The Hall–Kier alpha value is -1.92. The SMILES string of the molecule is CO[C@H]1CN(C(=O)Cn2c(C)nc3ccccc32)C[C@@]12CCCO2. The third-order valence-electron chi connectivity index (χ3n) is 5.34. The Morgan fingerprint density at radius 3 is 3.04 bits per heavy atom. The van der Waals surface area contributed by atoms with E-state index in [1.54, 1.807) is 7.11 Å². The van der Waals surface area contributed by atoms with Gasteiger partial charge in [-0.15, -0.1) is 0 Å². The molecule has 2 aromatic rings. The Bertz CT molecular complexity index is 764. The van der Waals surface area contributed by atoms with Gasteiger partial charge in [-0.25, -0.2) is 4.98 Å². The zero-order valence-corrected chi connectivity index (χ0v) is 14.2. The minimum atomic E-state index is -0.309. The maximum absolute atomic E-state index is 12.9. The summed E-state index contributed by atoms with van der Waals surface area (Å²) in [6.45, 7) is 4.22. The molecule has 0 N–H and O–H groups in total. The number of aryl methyl sites for hydroxylation is 1. The number of carbonyl (C=O) groups is 1. The number of fused-ring (bicyclic) bond motifs is 1. The van der Waals surface area contributed by atoms with Gasteiger partial charge in [0, 0.05) is 20.3 Å².